The zero-order chi connectivity index (χ0) is 24.3. The van der Waals surface area contributed by atoms with Crippen LogP contribution in [0, 0.1) is 11.8 Å². The molecule has 0 radical (unpaired) electrons. The quantitative estimate of drug-likeness (QED) is 0.188. The maximum atomic E-state index is 12.1. The molecule has 0 spiro atoms. The molecule has 4 rings (SSSR count). The standard InChI is InChI=1S/C15H21NO2.C13H17NO2/c1-11-3-2-4-12(6-5-11)15(17)18-14-9-7-13(16)8-10-14;14-12-5-1-10(2-6-12)11-3-7-13(8-4-11)16-9-15/h7-12H,2-6,16H2,1H3;1-2,5-6,9,11,13H,3-4,7-8,14H2. The first-order valence-electron chi connectivity index (χ1n) is 12.5. The SMILES string of the molecule is CC1CCCC(C(=O)Oc2ccc(N)cc2)CC1.Nc1ccc(C2CCC(OC=O)CC2)cc1. The molecule has 0 aromatic heterocycles. The van der Waals surface area contributed by atoms with Crippen LogP contribution in [0.25, 0.3) is 0 Å². The number of carbonyl (C=O) groups is 2. The van der Waals surface area contributed by atoms with Gasteiger partial charge in [-0.2, -0.15) is 0 Å². The van der Waals surface area contributed by atoms with Gasteiger partial charge >= 0.3 is 5.97 Å². The number of anilines is 2. The number of hydrogen-bond acceptors (Lipinski definition) is 6. The van der Waals surface area contributed by atoms with Crippen LogP contribution in [0.5, 0.6) is 5.75 Å². The van der Waals surface area contributed by atoms with Crippen molar-refractivity contribution in [3.8, 4) is 5.75 Å². The van der Waals surface area contributed by atoms with Gasteiger partial charge in [0, 0.05) is 11.4 Å². The summed E-state index contributed by atoms with van der Waals surface area (Å²) in [4.78, 5) is 22.3. The Labute approximate surface area is 203 Å². The van der Waals surface area contributed by atoms with Gasteiger partial charge in [-0.25, -0.2) is 0 Å². The van der Waals surface area contributed by atoms with E-state index in [-0.39, 0.29) is 18.0 Å². The molecular weight excluding hydrogens is 428 g/mol. The van der Waals surface area contributed by atoms with Crippen LogP contribution < -0.4 is 16.2 Å². The summed E-state index contributed by atoms with van der Waals surface area (Å²) in [6.45, 7) is 2.82. The molecule has 2 saturated carbocycles. The van der Waals surface area contributed by atoms with E-state index in [4.69, 9.17) is 20.9 Å². The van der Waals surface area contributed by atoms with Crippen LogP contribution in [0.4, 0.5) is 11.4 Å². The molecule has 2 aliphatic rings. The number of carbonyl (C=O) groups excluding carboxylic acids is 2. The number of ether oxygens (including phenoxy) is 2. The number of benzene rings is 2. The third-order valence-electron chi connectivity index (χ3n) is 7.02. The van der Waals surface area contributed by atoms with Gasteiger partial charge < -0.3 is 20.9 Å². The smallest absolute Gasteiger partial charge is 0.314 e. The Balaban J connectivity index is 0.000000192. The summed E-state index contributed by atoms with van der Waals surface area (Å²) in [5, 5.41) is 0. The Bertz CT molecular complexity index is 890. The number of nitrogen functional groups attached to an aromatic ring is 2. The van der Waals surface area contributed by atoms with Gasteiger partial charge in [-0.05, 0) is 98.7 Å². The monoisotopic (exact) mass is 466 g/mol. The van der Waals surface area contributed by atoms with Crippen molar-refractivity contribution in [3.63, 3.8) is 0 Å². The van der Waals surface area contributed by atoms with Crippen LogP contribution in [-0.4, -0.2) is 18.5 Å². The Morgan fingerprint density at radius 3 is 2.06 bits per heavy atom. The zero-order valence-electron chi connectivity index (χ0n) is 20.2. The second-order valence-electron chi connectivity index (χ2n) is 9.67. The lowest BCUT2D eigenvalue weighted by Gasteiger charge is -2.27. The minimum absolute atomic E-state index is 0.0625. The van der Waals surface area contributed by atoms with Crippen LogP contribution >= 0.6 is 0 Å². The topological polar surface area (TPSA) is 105 Å². The van der Waals surface area contributed by atoms with Crippen molar-refractivity contribution in [2.45, 2.75) is 76.7 Å². The van der Waals surface area contributed by atoms with Gasteiger partial charge in [-0.15, -0.1) is 0 Å². The highest BCUT2D eigenvalue weighted by atomic mass is 16.5. The third kappa shape index (κ3) is 8.08. The molecule has 0 aliphatic heterocycles. The Kier molecular flexibility index (Phi) is 9.80. The summed E-state index contributed by atoms with van der Waals surface area (Å²) in [6.07, 6.45) is 9.62. The molecule has 6 heteroatoms. The van der Waals surface area contributed by atoms with Crippen molar-refractivity contribution >= 4 is 23.8 Å². The van der Waals surface area contributed by atoms with Crippen LogP contribution in [0.15, 0.2) is 48.5 Å². The van der Waals surface area contributed by atoms with Gasteiger partial charge in [0.2, 0.25) is 0 Å². The number of rotatable bonds is 5. The molecule has 2 atom stereocenters. The zero-order valence-corrected chi connectivity index (χ0v) is 20.2. The van der Waals surface area contributed by atoms with Gasteiger partial charge in [0.05, 0.1) is 5.92 Å². The number of hydrogen-bond donors (Lipinski definition) is 2. The summed E-state index contributed by atoms with van der Waals surface area (Å²) >= 11 is 0. The summed E-state index contributed by atoms with van der Waals surface area (Å²) < 4.78 is 10.4. The normalized spacial score (nSPS) is 24.6. The summed E-state index contributed by atoms with van der Waals surface area (Å²) in [5.41, 5.74) is 14.1. The molecule has 2 aromatic carbocycles. The molecule has 0 heterocycles. The van der Waals surface area contributed by atoms with Crippen molar-refractivity contribution in [1.82, 2.24) is 0 Å². The number of nitrogens with two attached hydrogens (primary N) is 2. The van der Waals surface area contributed by atoms with Crippen LogP contribution in [0.3, 0.4) is 0 Å². The molecule has 184 valence electrons. The lowest BCUT2D eigenvalue weighted by Crippen LogP contribution is -2.20. The largest absolute Gasteiger partial charge is 0.465 e. The maximum Gasteiger partial charge on any atom is 0.314 e. The predicted molar refractivity (Wildman–Crippen MR) is 135 cm³/mol. The van der Waals surface area contributed by atoms with Crippen LogP contribution in [0.2, 0.25) is 0 Å². The molecule has 34 heavy (non-hydrogen) atoms. The predicted octanol–water partition coefficient (Wildman–Crippen LogP) is 5.86. The molecule has 2 unspecified atom stereocenters. The van der Waals surface area contributed by atoms with Crippen molar-refractivity contribution in [2.24, 2.45) is 11.8 Å². The second kappa shape index (κ2) is 13.0. The molecule has 2 aliphatic carbocycles. The Morgan fingerprint density at radius 1 is 0.824 bits per heavy atom. The van der Waals surface area contributed by atoms with E-state index in [9.17, 15) is 9.59 Å². The van der Waals surface area contributed by atoms with Crippen LogP contribution in [-0.2, 0) is 14.3 Å². The molecular formula is C28H38N2O4. The average molecular weight is 467 g/mol. The van der Waals surface area contributed by atoms with E-state index in [1.807, 2.05) is 12.1 Å². The highest BCUT2D eigenvalue weighted by Gasteiger charge is 2.24. The molecule has 0 amide bonds. The van der Waals surface area contributed by atoms with E-state index >= 15 is 0 Å². The van der Waals surface area contributed by atoms with Gasteiger partial charge in [0.1, 0.15) is 11.9 Å². The summed E-state index contributed by atoms with van der Waals surface area (Å²) in [5.74, 6) is 1.89. The minimum Gasteiger partial charge on any atom is -0.465 e. The molecule has 0 saturated heterocycles. The second-order valence-corrected chi connectivity index (χ2v) is 9.67. The first kappa shape index (κ1) is 25.6. The third-order valence-corrected chi connectivity index (χ3v) is 7.02. The van der Waals surface area contributed by atoms with E-state index in [0.717, 1.165) is 63.0 Å². The minimum atomic E-state index is -0.0890. The van der Waals surface area contributed by atoms with E-state index in [0.29, 0.717) is 23.8 Å². The fraction of sp³-hybridized carbons (Fsp3) is 0.500. The first-order valence-corrected chi connectivity index (χ1v) is 12.5. The first-order chi connectivity index (χ1) is 16.4. The highest BCUT2D eigenvalue weighted by molar-refractivity contribution is 5.75. The molecule has 6 nitrogen and oxygen atoms in total. The van der Waals surface area contributed by atoms with Gasteiger partial charge in [0.15, 0.2) is 0 Å². The average Bonchev–Trinajstić information content (AvgIpc) is 3.07. The Morgan fingerprint density at radius 2 is 1.44 bits per heavy atom. The fourth-order valence-electron chi connectivity index (χ4n) is 4.84. The van der Waals surface area contributed by atoms with E-state index in [1.54, 1.807) is 24.3 Å². The Hall–Kier alpha value is -3.02. The fourth-order valence-corrected chi connectivity index (χ4v) is 4.84. The molecule has 2 aromatic rings. The lowest BCUT2D eigenvalue weighted by molar-refractivity contribution is -0.139. The van der Waals surface area contributed by atoms with Crippen LogP contribution in [0.1, 0.15) is 76.2 Å². The molecule has 0 bridgehead atoms. The van der Waals surface area contributed by atoms with E-state index in [2.05, 4.69) is 19.1 Å². The summed E-state index contributed by atoms with van der Waals surface area (Å²) in [6, 6.07) is 15.1. The van der Waals surface area contributed by atoms with Crippen molar-refractivity contribution in [2.75, 3.05) is 11.5 Å². The maximum absolute atomic E-state index is 12.1. The van der Waals surface area contributed by atoms with E-state index < -0.39 is 0 Å². The number of esters is 1. The van der Waals surface area contributed by atoms with E-state index in [1.165, 1.54) is 12.0 Å². The highest BCUT2D eigenvalue weighted by Crippen LogP contribution is 2.34. The van der Waals surface area contributed by atoms with Crippen molar-refractivity contribution in [3.05, 3.63) is 54.1 Å². The summed E-state index contributed by atoms with van der Waals surface area (Å²) in [7, 11) is 0. The molecule has 2 fully saturated rings. The van der Waals surface area contributed by atoms with Crippen molar-refractivity contribution < 1.29 is 19.1 Å². The molecule has 4 N–H and O–H groups in total. The lowest BCUT2D eigenvalue weighted by atomic mass is 9.83. The van der Waals surface area contributed by atoms with Gasteiger partial charge in [-0.3, -0.25) is 9.59 Å². The van der Waals surface area contributed by atoms with Gasteiger partial charge in [-0.1, -0.05) is 31.9 Å². The van der Waals surface area contributed by atoms with Gasteiger partial charge in [0.25, 0.3) is 6.47 Å². The van der Waals surface area contributed by atoms with Crippen molar-refractivity contribution in [1.29, 1.82) is 0 Å².